The summed E-state index contributed by atoms with van der Waals surface area (Å²) < 4.78 is 55.8. The van der Waals surface area contributed by atoms with Crippen LogP contribution in [0, 0.1) is 11.7 Å². The molecule has 2 aromatic carbocycles. The van der Waals surface area contributed by atoms with Gasteiger partial charge in [0.2, 0.25) is 0 Å². The number of pyridine rings is 1. The molecule has 4 rings (SSSR count). The molecule has 0 bridgehead atoms. The number of nitrogens with one attached hydrogen (secondary N) is 1. The fourth-order valence-corrected chi connectivity index (χ4v) is 4.81. The zero-order valence-electron chi connectivity index (χ0n) is 18.8. The van der Waals surface area contributed by atoms with Gasteiger partial charge in [0.05, 0.1) is 22.4 Å². The van der Waals surface area contributed by atoms with Gasteiger partial charge in [-0.3, -0.25) is 4.98 Å². The number of allylic oxidation sites excluding steroid dienone is 1. The lowest BCUT2D eigenvalue weighted by Crippen LogP contribution is -2.46. The molecule has 1 saturated carbocycles. The number of benzene rings is 2. The summed E-state index contributed by atoms with van der Waals surface area (Å²) in [7, 11) is 0. The normalized spacial score (nSPS) is 19.8. The number of hydrogen-bond acceptors (Lipinski definition) is 3. The van der Waals surface area contributed by atoms with Crippen LogP contribution >= 0.6 is 11.6 Å². The number of rotatable bonds is 7. The summed E-state index contributed by atoms with van der Waals surface area (Å²) in [5.41, 5.74) is -0.713. The number of alkyl halides is 3. The van der Waals surface area contributed by atoms with E-state index in [0.717, 1.165) is 17.7 Å². The number of hydrogen-bond donors (Lipinski definition) is 2. The van der Waals surface area contributed by atoms with Gasteiger partial charge in [-0.05, 0) is 60.7 Å². The van der Waals surface area contributed by atoms with E-state index in [-0.39, 0.29) is 17.9 Å². The van der Waals surface area contributed by atoms with E-state index in [2.05, 4.69) is 16.9 Å². The maximum absolute atomic E-state index is 14.7. The Labute approximate surface area is 206 Å². The van der Waals surface area contributed by atoms with Crippen LogP contribution in [0.25, 0.3) is 0 Å². The van der Waals surface area contributed by atoms with Gasteiger partial charge in [0.15, 0.2) is 0 Å². The molecule has 8 heteroatoms. The molecule has 184 valence electrons. The lowest BCUT2D eigenvalue weighted by Gasteiger charge is -2.38. The molecule has 1 aromatic heterocycles. The van der Waals surface area contributed by atoms with Crippen molar-refractivity contribution < 1.29 is 22.7 Å². The van der Waals surface area contributed by atoms with E-state index in [0.29, 0.717) is 41.7 Å². The molecule has 0 saturated heterocycles. The average Bonchev–Trinajstić information content (AvgIpc) is 3.25. The summed E-state index contributed by atoms with van der Waals surface area (Å²) in [5, 5.41) is 13.7. The summed E-state index contributed by atoms with van der Waals surface area (Å²) in [6, 6.07) is 14.9. The summed E-state index contributed by atoms with van der Waals surface area (Å²) in [6.07, 6.45) is -1.87. The van der Waals surface area contributed by atoms with E-state index in [1.807, 2.05) is 30.3 Å². The van der Waals surface area contributed by atoms with Crippen LogP contribution in [0.5, 0.6) is 0 Å². The molecule has 1 fully saturated rings. The molecule has 2 N–H and O–H groups in total. The van der Waals surface area contributed by atoms with Gasteiger partial charge in [0.1, 0.15) is 11.4 Å². The lowest BCUT2D eigenvalue weighted by atomic mass is 9.79. The first-order valence-corrected chi connectivity index (χ1v) is 11.6. The van der Waals surface area contributed by atoms with E-state index < -0.39 is 29.2 Å². The van der Waals surface area contributed by atoms with Gasteiger partial charge in [0, 0.05) is 24.2 Å². The van der Waals surface area contributed by atoms with Crippen molar-refractivity contribution in [1.82, 2.24) is 10.3 Å². The molecule has 0 spiro atoms. The summed E-state index contributed by atoms with van der Waals surface area (Å²) in [6.45, 7) is 4.17. The van der Waals surface area contributed by atoms with E-state index in [1.54, 1.807) is 12.1 Å². The van der Waals surface area contributed by atoms with Gasteiger partial charge in [-0.15, -0.1) is 0 Å². The molecule has 2 unspecified atom stereocenters. The van der Waals surface area contributed by atoms with Crippen molar-refractivity contribution >= 4 is 11.6 Å². The maximum Gasteiger partial charge on any atom is 0.416 e. The first-order valence-electron chi connectivity index (χ1n) is 11.3. The van der Waals surface area contributed by atoms with Crippen molar-refractivity contribution in [1.29, 1.82) is 0 Å². The van der Waals surface area contributed by atoms with Gasteiger partial charge in [0.25, 0.3) is 0 Å². The van der Waals surface area contributed by atoms with E-state index in [9.17, 15) is 22.7 Å². The highest BCUT2D eigenvalue weighted by atomic mass is 35.5. The Kier molecular flexibility index (Phi) is 7.20. The molecular formula is C27H25ClF4N2O. The summed E-state index contributed by atoms with van der Waals surface area (Å²) >= 11 is 6.07. The third-order valence-electron chi connectivity index (χ3n) is 6.47. The number of nitrogens with zero attached hydrogens (tertiary/aromatic N) is 1. The fourth-order valence-electron chi connectivity index (χ4n) is 4.70. The Morgan fingerprint density at radius 1 is 1.06 bits per heavy atom. The second-order valence-corrected chi connectivity index (χ2v) is 9.41. The van der Waals surface area contributed by atoms with Crippen LogP contribution in [0.1, 0.15) is 41.6 Å². The van der Waals surface area contributed by atoms with Gasteiger partial charge in [-0.1, -0.05) is 48.5 Å². The van der Waals surface area contributed by atoms with Crippen LogP contribution in [-0.4, -0.2) is 16.2 Å². The molecule has 35 heavy (non-hydrogen) atoms. The first kappa shape index (κ1) is 25.2. The third-order valence-corrected chi connectivity index (χ3v) is 6.69. The Bertz CT molecular complexity index is 1180. The number of aliphatic hydroxyl groups is 1. The Morgan fingerprint density at radius 2 is 1.77 bits per heavy atom. The first-order chi connectivity index (χ1) is 16.6. The van der Waals surface area contributed by atoms with Crippen molar-refractivity contribution in [2.24, 2.45) is 5.92 Å². The molecule has 3 atom stereocenters. The monoisotopic (exact) mass is 504 g/mol. The largest absolute Gasteiger partial charge is 0.416 e. The van der Waals surface area contributed by atoms with Crippen molar-refractivity contribution in [2.45, 2.75) is 43.5 Å². The van der Waals surface area contributed by atoms with E-state index in [1.165, 1.54) is 6.20 Å². The highest BCUT2D eigenvalue weighted by Crippen LogP contribution is 2.40. The Hall–Kier alpha value is -2.90. The van der Waals surface area contributed by atoms with Crippen LogP contribution in [-0.2, 0) is 18.1 Å². The zero-order valence-corrected chi connectivity index (χ0v) is 19.6. The molecular weight excluding hydrogens is 480 g/mol. The number of aromatic nitrogens is 1. The van der Waals surface area contributed by atoms with Gasteiger partial charge >= 0.3 is 6.18 Å². The fraction of sp³-hybridized carbons (Fsp3) is 0.296. The van der Waals surface area contributed by atoms with Crippen molar-refractivity contribution in [2.75, 3.05) is 0 Å². The Balaban J connectivity index is 1.93. The minimum Gasteiger partial charge on any atom is -0.393 e. The highest BCUT2D eigenvalue weighted by Gasteiger charge is 2.41. The maximum atomic E-state index is 14.7. The van der Waals surface area contributed by atoms with Crippen molar-refractivity contribution in [3.05, 3.63) is 112 Å². The number of aliphatic hydroxyl groups excluding tert-OH is 1. The third kappa shape index (κ3) is 5.68. The van der Waals surface area contributed by atoms with Crippen molar-refractivity contribution in [3.8, 4) is 0 Å². The minimum absolute atomic E-state index is 0.0585. The number of halogens is 5. The molecule has 1 aliphatic rings. The smallest absolute Gasteiger partial charge is 0.393 e. The van der Waals surface area contributed by atoms with Gasteiger partial charge in [-0.2, -0.15) is 13.2 Å². The predicted molar refractivity (Wildman–Crippen MR) is 127 cm³/mol. The van der Waals surface area contributed by atoms with Gasteiger partial charge in [-0.25, -0.2) is 4.39 Å². The predicted octanol–water partition coefficient (Wildman–Crippen LogP) is 6.64. The minimum atomic E-state index is -4.74. The molecule has 0 radical (unpaired) electrons. The van der Waals surface area contributed by atoms with Gasteiger partial charge < -0.3 is 10.4 Å². The molecule has 3 nitrogen and oxygen atoms in total. The van der Waals surface area contributed by atoms with Crippen molar-refractivity contribution in [3.63, 3.8) is 0 Å². The topological polar surface area (TPSA) is 45.2 Å². The zero-order chi connectivity index (χ0) is 25.2. The average molecular weight is 505 g/mol. The lowest BCUT2D eigenvalue weighted by molar-refractivity contribution is -0.137. The van der Waals surface area contributed by atoms with E-state index in [4.69, 9.17) is 11.6 Å². The summed E-state index contributed by atoms with van der Waals surface area (Å²) in [4.78, 5) is 4.45. The molecule has 1 aliphatic carbocycles. The molecule has 0 aliphatic heterocycles. The van der Waals surface area contributed by atoms with Crippen LogP contribution in [0.2, 0.25) is 5.02 Å². The molecule has 3 aromatic rings. The highest BCUT2D eigenvalue weighted by molar-refractivity contribution is 6.30. The molecule has 1 heterocycles. The van der Waals surface area contributed by atoms with Crippen LogP contribution < -0.4 is 5.32 Å². The van der Waals surface area contributed by atoms with Crippen LogP contribution in [0.15, 0.2) is 79.1 Å². The summed E-state index contributed by atoms with van der Waals surface area (Å²) in [5.74, 6) is -1.10. The second-order valence-electron chi connectivity index (χ2n) is 8.97. The standard InChI is InChI=1S/C27H25ClF4N2O/c1-17(19-7-9-24(35)11-19)34-26(15-18-5-3-2-4-6-18,25-10-8-22(28)16-33-25)20-12-21(27(30,31)32)14-23(29)13-20/h2-6,8,10,12-14,16,19,24,34-35H,1,7,9,11,15H2/t19?,24?,26-/m0/s1. The SMILES string of the molecule is C=C(N[C@@](Cc1ccccc1)(c1cc(F)cc(C(F)(F)F)c1)c1ccc(Cl)cn1)C1CCC(O)C1. The quantitative estimate of drug-likeness (QED) is 0.354. The van der Waals surface area contributed by atoms with E-state index >= 15 is 0 Å². The Morgan fingerprint density at radius 3 is 2.37 bits per heavy atom. The van der Waals surface area contributed by atoms with Crippen LogP contribution in [0.3, 0.4) is 0 Å². The molecule has 0 amide bonds. The van der Waals surface area contributed by atoms with Crippen LogP contribution in [0.4, 0.5) is 17.6 Å². The second kappa shape index (κ2) is 9.99.